The molecule has 0 aromatic carbocycles. The lowest BCUT2D eigenvalue weighted by Crippen LogP contribution is -2.41. The van der Waals surface area contributed by atoms with Crippen molar-refractivity contribution in [2.75, 3.05) is 25.0 Å². The fourth-order valence-corrected chi connectivity index (χ4v) is 7.82. The molecule has 8 nitrogen and oxygen atoms in total. The van der Waals surface area contributed by atoms with Crippen LogP contribution in [-0.2, 0) is 32.6 Å². The summed E-state index contributed by atoms with van der Waals surface area (Å²) in [5.74, 6) is -0.506. The average molecular weight is 479 g/mol. The monoisotopic (exact) mass is 478 g/mol. The molecule has 4 rings (SSSR count). The van der Waals surface area contributed by atoms with Crippen LogP contribution in [0.1, 0.15) is 35.8 Å². The number of anilines is 1. The standard InChI is InChI=1S/C20H22N4O4S3/c1-13(25)23-7-6-15-16(11-21)20(30-17(15)12-23)22-19(26)14-4-8-24(9-5-14)31(27,28)18-3-2-10-29-18/h2-3,10,14H,4-9,12H2,1H3,(H,22,26). The minimum absolute atomic E-state index is 0.00703. The summed E-state index contributed by atoms with van der Waals surface area (Å²) in [6, 6.07) is 5.50. The second-order valence-corrected chi connectivity index (χ2v) is 11.8. The number of hydrogen-bond acceptors (Lipinski definition) is 7. The second-order valence-electron chi connectivity index (χ2n) is 7.61. The lowest BCUT2D eigenvalue weighted by Gasteiger charge is -2.30. The molecular formula is C20H22N4O4S3. The van der Waals surface area contributed by atoms with Crippen molar-refractivity contribution < 1.29 is 18.0 Å². The molecule has 0 spiro atoms. The third kappa shape index (κ3) is 4.25. The van der Waals surface area contributed by atoms with E-state index in [0.29, 0.717) is 47.1 Å². The number of piperidine rings is 1. The van der Waals surface area contributed by atoms with Crippen LogP contribution in [0.2, 0.25) is 0 Å². The summed E-state index contributed by atoms with van der Waals surface area (Å²) in [6.07, 6.45) is 1.46. The lowest BCUT2D eigenvalue weighted by molar-refractivity contribution is -0.129. The van der Waals surface area contributed by atoms with Crippen molar-refractivity contribution in [3.05, 3.63) is 33.5 Å². The summed E-state index contributed by atoms with van der Waals surface area (Å²) < 4.78 is 27.1. The lowest BCUT2D eigenvalue weighted by atomic mass is 9.97. The van der Waals surface area contributed by atoms with E-state index in [-0.39, 0.29) is 30.8 Å². The minimum atomic E-state index is -3.50. The van der Waals surface area contributed by atoms with Gasteiger partial charge in [0.2, 0.25) is 11.8 Å². The maximum atomic E-state index is 12.9. The summed E-state index contributed by atoms with van der Waals surface area (Å²) in [5.41, 5.74) is 1.39. The number of amides is 2. The first-order chi connectivity index (χ1) is 14.8. The van der Waals surface area contributed by atoms with Gasteiger partial charge in [0.1, 0.15) is 15.3 Å². The quantitative estimate of drug-likeness (QED) is 0.726. The van der Waals surface area contributed by atoms with Gasteiger partial charge in [0.25, 0.3) is 10.0 Å². The third-order valence-corrected chi connectivity index (χ3v) is 10.2. The Morgan fingerprint density at radius 2 is 2.00 bits per heavy atom. The Bertz CT molecular complexity index is 1140. The van der Waals surface area contributed by atoms with Crippen molar-refractivity contribution in [3.8, 4) is 6.07 Å². The van der Waals surface area contributed by atoms with Crippen molar-refractivity contribution in [2.24, 2.45) is 5.92 Å². The molecule has 31 heavy (non-hydrogen) atoms. The first-order valence-electron chi connectivity index (χ1n) is 9.96. The SMILES string of the molecule is CC(=O)N1CCc2c(sc(NC(=O)C3CCN(S(=O)(=O)c4cccs4)CC3)c2C#N)C1. The maximum absolute atomic E-state index is 12.9. The van der Waals surface area contributed by atoms with E-state index >= 15 is 0 Å². The molecule has 0 bridgehead atoms. The Balaban J connectivity index is 1.42. The fraction of sp³-hybridized carbons (Fsp3) is 0.450. The van der Waals surface area contributed by atoms with Gasteiger partial charge in [0.05, 0.1) is 12.1 Å². The van der Waals surface area contributed by atoms with Gasteiger partial charge in [-0.25, -0.2) is 8.42 Å². The molecule has 0 unspecified atom stereocenters. The summed E-state index contributed by atoms with van der Waals surface area (Å²) in [6.45, 7) is 3.13. The zero-order valence-corrected chi connectivity index (χ0v) is 19.4. The van der Waals surface area contributed by atoms with Gasteiger partial charge < -0.3 is 10.2 Å². The van der Waals surface area contributed by atoms with Crippen molar-refractivity contribution >= 4 is 49.5 Å². The minimum Gasteiger partial charge on any atom is -0.337 e. The van der Waals surface area contributed by atoms with Crippen molar-refractivity contribution in [1.29, 1.82) is 5.26 Å². The van der Waals surface area contributed by atoms with Gasteiger partial charge in [0, 0.05) is 37.4 Å². The third-order valence-electron chi connectivity index (χ3n) is 5.76. The Morgan fingerprint density at radius 1 is 1.26 bits per heavy atom. The van der Waals surface area contributed by atoms with E-state index in [1.165, 1.54) is 33.9 Å². The molecule has 164 valence electrons. The molecule has 0 saturated carbocycles. The van der Waals surface area contributed by atoms with Gasteiger partial charge in [-0.1, -0.05) is 6.07 Å². The topological polar surface area (TPSA) is 111 Å². The number of thiophene rings is 2. The van der Waals surface area contributed by atoms with E-state index in [1.54, 1.807) is 22.4 Å². The Hall–Kier alpha value is -2.26. The number of nitriles is 1. The molecule has 2 aromatic rings. The number of rotatable bonds is 4. The average Bonchev–Trinajstić information content (AvgIpc) is 3.41. The molecule has 2 aromatic heterocycles. The molecule has 1 fully saturated rings. The summed E-state index contributed by atoms with van der Waals surface area (Å²) in [5, 5.41) is 14.8. The summed E-state index contributed by atoms with van der Waals surface area (Å²) >= 11 is 2.54. The van der Waals surface area contributed by atoms with E-state index in [0.717, 1.165) is 10.4 Å². The maximum Gasteiger partial charge on any atom is 0.252 e. The Labute approximate surface area is 189 Å². The van der Waals surface area contributed by atoms with Crippen LogP contribution in [0.4, 0.5) is 5.00 Å². The van der Waals surface area contributed by atoms with Crippen LogP contribution in [0, 0.1) is 17.2 Å². The highest BCUT2D eigenvalue weighted by Gasteiger charge is 2.33. The van der Waals surface area contributed by atoms with Crippen molar-refractivity contribution in [2.45, 2.75) is 36.9 Å². The van der Waals surface area contributed by atoms with Gasteiger partial charge in [-0.3, -0.25) is 9.59 Å². The number of hydrogen-bond donors (Lipinski definition) is 1. The van der Waals surface area contributed by atoms with Crippen LogP contribution >= 0.6 is 22.7 Å². The zero-order chi connectivity index (χ0) is 22.2. The molecule has 1 N–H and O–H groups in total. The summed E-state index contributed by atoms with van der Waals surface area (Å²) in [7, 11) is -3.50. The predicted molar refractivity (Wildman–Crippen MR) is 118 cm³/mol. The van der Waals surface area contributed by atoms with Crippen molar-refractivity contribution in [1.82, 2.24) is 9.21 Å². The van der Waals surface area contributed by atoms with Crippen LogP contribution in [0.5, 0.6) is 0 Å². The number of carbonyl (C=O) groups is 2. The van der Waals surface area contributed by atoms with Gasteiger partial charge in [-0.15, -0.1) is 22.7 Å². The molecular weight excluding hydrogens is 456 g/mol. The second kappa shape index (κ2) is 8.70. The van der Waals surface area contributed by atoms with Gasteiger partial charge in [-0.2, -0.15) is 9.57 Å². The number of nitrogens with zero attached hydrogens (tertiary/aromatic N) is 3. The first-order valence-corrected chi connectivity index (χ1v) is 13.1. The highest BCUT2D eigenvalue weighted by atomic mass is 32.2. The molecule has 0 radical (unpaired) electrons. The fourth-order valence-electron chi connectivity index (χ4n) is 3.99. The molecule has 1 saturated heterocycles. The summed E-state index contributed by atoms with van der Waals surface area (Å²) in [4.78, 5) is 27.2. The molecule has 4 heterocycles. The molecule has 2 amide bonds. The van der Waals surface area contributed by atoms with Crippen molar-refractivity contribution in [3.63, 3.8) is 0 Å². The van der Waals surface area contributed by atoms with Gasteiger partial charge in [-0.05, 0) is 36.3 Å². The number of nitrogens with one attached hydrogen (secondary N) is 1. The highest BCUT2D eigenvalue weighted by molar-refractivity contribution is 7.91. The van der Waals surface area contributed by atoms with Crippen LogP contribution in [0.3, 0.4) is 0 Å². The molecule has 0 aliphatic carbocycles. The number of sulfonamides is 1. The highest BCUT2D eigenvalue weighted by Crippen LogP contribution is 2.37. The largest absolute Gasteiger partial charge is 0.337 e. The van der Waals surface area contributed by atoms with E-state index < -0.39 is 10.0 Å². The van der Waals surface area contributed by atoms with Gasteiger partial charge >= 0.3 is 0 Å². The predicted octanol–water partition coefficient (Wildman–Crippen LogP) is 2.63. The van der Waals surface area contributed by atoms with E-state index in [1.807, 2.05) is 0 Å². The van der Waals surface area contributed by atoms with Crippen LogP contribution in [-0.4, -0.2) is 49.1 Å². The molecule has 2 aliphatic heterocycles. The molecule has 11 heteroatoms. The normalized spacial score (nSPS) is 17.7. The first kappa shape index (κ1) is 22.0. The molecule has 2 aliphatic rings. The van der Waals surface area contributed by atoms with E-state index in [2.05, 4.69) is 11.4 Å². The van der Waals surface area contributed by atoms with E-state index in [4.69, 9.17) is 0 Å². The number of carbonyl (C=O) groups excluding carboxylic acids is 2. The van der Waals surface area contributed by atoms with Gasteiger partial charge in [0.15, 0.2) is 0 Å². The number of fused-ring (bicyclic) bond motifs is 1. The smallest absolute Gasteiger partial charge is 0.252 e. The zero-order valence-electron chi connectivity index (χ0n) is 17.0. The van der Waals surface area contributed by atoms with Crippen LogP contribution in [0.25, 0.3) is 0 Å². The van der Waals surface area contributed by atoms with E-state index in [9.17, 15) is 23.3 Å². The van der Waals surface area contributed by atoms with Crippen LogP contribution in [0.15, 0.2) is 21.7 Å². The Kier molecular flexibility index (Phi) is 6.16. The molecule has 0 atom stereocenters. The van der Waals surface area contributed by atoms with Crippen LogP contribution < -0.4 is 5.32 Å². The Morgan fingerprint density at radius 3 is 2.61 bits per heavy atom.